The minimum atomic E-state index is 0.00263. The van der Waals surface area contributed by atoms with E-state index < -0.39 is 0 Å². The Morgan fingerprint density at radius 1 is 1.19 bits per heavy atom. The number of nitrogens with zero attached hydrogens (tertiary/aromatic N) is 2. The second-order valence-corrected chi connectivity index (χ2v) is 4.37. The lowest BCUT2D eigenvalue weighted by Gasteiger charge is -2.24. The normalized spacial score (nSPS) is 11.7. The highest BCUT2D eigenvalue weighted by molar-refractivity contribution is 5.36. The highest BCUT2D eigenvalue weighted by atomic mass is 15.3. The van der Waals surface area contributed by atoms with Crippen LogP contribution in [-0.4, -0.2) is 16.8 Å². The van der Waals surface area contributed by atoms with E-state index in [1.165, 1.54) is 5.56 Å². The zero-order valence-corrected chi connectivity index (χ0v) is 9.94. The van der Waals surface area contributed by atoms with Gasteiger partial charge in [0.2, 0.25) is 0 Å². The van der Waals surface area contributed by atoms with E-state index in [2.05, 4.69) is 48.5 Å². The van der Waals surface area contributed by atoms with Crippen molar-refractivity contribution in [1.29, 1.82) is 0 Å². The van der Waals surface area contributed by atoms with Crippen LogP contribution in [0, 0.1) is 0 Å². The summed E-state index contributed by atoms with van der Waals surface area (Å²) in [6.07, 6.45) is 3.73. The molecule has 0 unspecified atom stereocenters. The fraction of sp³-hybridized carbons (Fsp3) is 0.308. The summed E-state index contributed by atoms with van der Waals surface area (Å²) in [6, 6.07) is 10.4. The van der Waals surface area contributed by atoms with Crippen molar-refractivity contribution >= 4 is 0 Å². The SMILES string of the molecule is CNC(C)(C)c1ccc(-n2cccn2)cc1. The molecule has 1 aromatic heterocycles. The van der Waals surface area contributed by atoms with Gasteiger partial charge in [0.15, 0.2) is 0 Å². The number of rotatable bonds is 3. The van der Waals surface area contributed by atoms with Crippen LogP contribution < -0.4 is 5.32 Å². The van der Waals surface area contributed by atoms with Gasteiger partial charge in [-0.2, -0.15) is 5.10 Å². The van der Waals surface area contributed by atoms with Crippen LogP contribution in [0.15, 0.2) is 42.7 Å². The fourth-order valence-corrected chi connectivity index (χ4v) is 1.60. The zero-order valence-electron chi connectivity index (χ0n) is 9.94. The average molecular weight is 215 g/mol. The molecule has 0 aliphatic carbocycles. The largest absolute Gasteiger partial charge is 0.311 e. The standard InChI is InChI=1S/C13H17N3/c1-13(2,14-3)11-5-7-12(8-6-11)16-10-4-9-15-16/h4-10,14H,1-3H3. The van der Waals surface area contributed by atoms with Gasteiger partial charge in [0.1, 0.15) is 0 Å². The molecule has 1 aromatic carbocycles. The molecule has 84 valence electrons. The van der Waals surface area contributed by atoms with Gasteiger partial charge < -0.3 is 5.32 Å². The lowest BCUT2D eigenvalue weighted by molar-refractivity contribution is 0.444. The number of hydrogen-bond donors (Lipinski definition) is 1. The van der Waals surface area contributed by atoms with Crippen molar-refractivity contribution in [3.05, 3.63) is 48.3 Å². The van der Waals surface area contributed by atoms with Crippen molar-refractivity contribution in [2.24, 2.45) is 0 Å². The lowest BCUT2D eigenvalue weighted by Crippen LogP contribution is -2.32. The molecule has 0 radical (unpaired) electrons. The van der Waals surface area contributed by atoms with Gasteiger partial charge in [0.05, 0.1) is 5.69 Å². The Balaban J connectivity index is 2.30. The predicted octanol–water partition coefficient (Wildman–Crippen LogP) is 2.33. The monoisotopic (exact) mass is 215 g/mol. The summed E-state index contributed by atoms with van der Waals surface area (Å²) in [5.74, 6) is 0. The summed E-state index contributed by atoms with van der Waals surface area (Å²) in [4.78, 5) is 0. The molecule has 0 amide bonds. The highest BCUT2D eigenvalue weighted by Gasteiger charge is 2.16. The topological polar surface area (TPSA) is 29.9 Å². The molecule has 1 N–H and O–H groups in total. The maximum atomic E-state index is 4.20. The summed E-state index contributed by atoms with van der Waals surface area (Å²) in [7, 11) is 1.97. The summed E-state index contributed by atoms with van der Waals surface area (Å²) >= 11 is 0. The van der Waals surface area contributed by atoms with E-state index in [1.807, 2.05) is 24.0 Å². The zero-order chi connectivity index (χ0) is 11.6. The molecule has 0 aliphatic rings. The quantitative estimate of drug-likeness (QED) is 0.851. The van der Waals surface area contributed by atoms with Gasteiger partial charge in [0.25, 0.3) is 0 Å². The van der Waals surface area contributed by atoms with E-state index in [4.69, 9.17) is 0 Å². The van der Waals surface area contributed by atoms with Crippen LogP contribution in [0.25, 0.3) is 5.69 Å². The summed E-state index contributed by atoms with van der Waals surface area (Å²) < 4.78 is 1.86. The summed E-state index contributed by atoms with van der Waals surface area (Å²) in [5.41, 5.74) is 2.36. The molecule has 0 saturated carbocycles. The molecular weight excluding hydrogens is 198 g/mol. The minimum absolute atomic E-state index is 0.00263. The van der Waals surface area contributed by atoms with Crippen molar-refractivity contribution in [3.8, 4) is 5.69 Å². The predicted molar refractivity (Wildman–Crippen MR) is 65.6 cm³/mol. The third-order valence-corrected chi connectivity index (χ3v) is 2.98. The summed E-state index contributed by atoms with van der Waals surface area (Å²) in [6.45, 7) is 4.33. The van der Waals surface area contributed by atoms with Crippen molar-refractivity contribution < 1.29 is 0 Å². The molecule has 1 heterocycles. The molecule has 16 heavy (non-hydrogen) atoms. The fourth-order valence-electron chi connectivity index (χ4n) is 1.60. The Kier molecular flexibility index (Phi) is 2.79. The van der Waals surface area contributed by atoms with Gasteiger partial charge in [0, 0.05) is 17.9 Å². The molecule has 3 nitrogen and oxygen atoms in total. The third-order valence-electron chi connectivity index (χ3n) is 2.98. The second kappa shape index (κ2) is 4.10. The average Bonchev–Trinajstić information content (AvgIpc) is 2.83. The van der Waals surface area contributed by atoms with Gasteiger partial charge in [-0.25, -0.2) is 4.68 Å². The first-order valence-corrected chi connectivity index (χ1v) is 5.43. The number of hydrogen-bond acceptors (Lipinski definition) is 2. The number of benzene rings is 1. The smallest absolute Gasteiger partial charge is 0.0645 e. The van der Waals surface area contributed by atoms with Crippen LogP contribution in [0.3, 0.4) is 0 Å². The van der Waals surface area contributed by atoms with Crippen LogP contribution in [0.2, 0.25) is 0 Å². The van der Waals surface area contributed by atoms with E-state index in [0.29, 0.717) is 0 Å². The minimum Gasteiger partial charge on any atom is -0.311 e. The highest BCUT2D eigenvalue weighted by Crippen LogP contribution is 2.20. The van der Waals surface area contributed by atoms with Crippen LogP contribution in [0.4, 0.5) is 0 Å². The Hall–Kier alpha value is -1.61. The van der Waals surface area contributed by atoms with Crippen LogP contribution >= 0.6 is 0 Å². The van der Waals surface area contributed by atoms with Crippen molar-refractivity contribution in [1.82, 2.24) is 15.1 Å². The Bertz CT molecular complexity index is 441. The van der Waals surface area contributed by atoms with E-state index in [0.717, 1.165) is 5.69 Å². The first-order chi connectivity index (χ1) is 7.63. The Morgan fingerprint density at radius 3 is 2.38 bits per heavy atom. The lowest BCUT2D eigenvalue weighted by atomic mass is 9.94. The van der Waals surface area contributed by atoms with Crippen molar-refractivity contribution in [3.63, 3.8) is 0 Å². The van der Waals surface area contributed by atoms with Gasteiger partial charge in [-0.3, -0.25) is 0 Å². The van der Waals surface area contributed by atoms with Crippen molar-refractivity contribution in [2.45, 2.75) is 19.4 Å². The van der Waals surface area contributed by atoms with Crippen LogP contribution in [0.1, 0.15) is 19.4 Å². The number of aromatic nitrogens is 2. The van der Waals surface area contributed by atoms with Crippen LogP contribution in [-0.2, 0) is 5.54 Å². The van der Waals surface area contributed by atoms with Gasteiger partial charge in [-0.15, -0.1) is 0 Å². The third kappa shape index (κ3) is 1.99. The second-order valence-electron chi connectivity index (χ2n) is 4.37. The molecule has 0 fully saturated rings. The first kappa shape index (κ1) is 10.9. The molecule has 0 spiro atoms. The molecular formula is C13H17N3. The molecule has 0 bridgehead atoms. The number of nitrogens with one attached hydrogen (secondary N) is 1. The molecule has 2 rings (SSSR count). The summed E-state index contributed by atoms with van der Waals surface area (Å²) in [5, 5.41) is 7.49. The molecule has 0 atom stereocenters. The maximum Gasteiger partial charge on any atom is 0.0645 e. The molecule has 0 saturated heterocycles. The van der Waals surface area contributed by atoms with E-state index in [1.54, 1.807) is 6.20 Å². The Labute approximate surface area is 96.1 Å². The van der Waals surface area contributed by atoms with Gasteiger partial charge in [-0.05, 0) is 44.7 Å². The van der Waals surface area contributed by atoms with Gasteiger partial charge in [-0.1, -0.05) is 12.1 Å². The van der Waals surface area contributed by atoms with E-state index in [9.17, 15) is 0 Å². The Morgan fingerprint density at radius 2 is 1.88 bits per heavy atom. The van der Waals surface area contributed by atoms with E-state index >= 15 is 0 Å². The molecule has 0 aliphatic heterocycles. The van der Waals surface area contributed by atoms with Crippen molar-refractivity contribution in [2.75, 3.05) is 7.05 Å². The first-order valence-electron chi connectivity index (χ1n) is 5.43. The molecule has 3 heteroatoms. The maximum absolute atomic E-state index is 4.20. The van der Waals surface area contributed by atoms with Crippen LogP contribution in [0.5, 0.6) is 0 Å². The molecule has 2 aromatic rings. The van der Waals surface area contributed by atoms with Gasteiger partial charge >= 0.3 is 0 Å². The van der Waals surface area contributed by atoms with E-state index in [-0.39, 0.29) is 5.54 Å².